The molecule has 0 saturated heterocycles. The van der Waals surface area contributed by atoms with Gasteiger partial charge in [0.15, 0.2) is 5.43 Å². The predicted octanol–water partition coefficient (Wildman–Crippen LogP) is 4.21. The Bertz CT molecular complexity index is 1450. The highest BCUT2D eigenvalue weighted by Gasteiger charge is 2.23. The van der Waals surface area contributed by atoms with Crippen LogP contribution < -0.4 is 20.2 Å². The first-order valence-corrected chi connectivity index (χ1v) is 10.5. The van der Waals surface area contributed by atoms with Gasteiger partial charge in [-0.15, -0.1) is 0 Å². The molecule has 0 saturated carbocycles. The van der Waals surface area contributed by atoms with Crippen molar-refractivity contribution in [3.63, 3.8) is 0 Å². The topological polar surface area (TPSA) is 95.9 Å². The Morgan fingerprint density at radius 3 is 2.34 bits per heavy atom. The fraction of sp³-hybridized carbons (Fsp3) is 0.115. The highest BCUT2D eigenvalue weighted by atomic mass is 19.1. The van der Waals surface area contributed by atoms with Crippen LogP contribution >= 0.6 is 0 Å². The molecule has 0 aliphatic carbocycles. The van der Waals surface area contributed by atoms with Crippen LogP contribution in [0.15, 0.2) is 77.6 Å². The number of benzene rings is 3. The van der Waals surface area contributed by atoms with Crippen molar-refractivity contribution in [1.82, 2.24) is 9.88 Å². The van der Waals surface area contributed by atoms with Gasteiger partial charge < -0.3 is 19.5 Å². The van der Waals surface area contributed by atoms with Crippen LogP contribution in [-0.4, -0.2) is 30.8 Å². The van der Waals surface area contributed by atoms with E-state index in [1.165, 1.54) is 19.2 Å². The minimum absolute atomic E-state index is 0.0207. The lowest BCUT2D eigenvalue weighted by molar-refractivity contribution is 0.0950. The number of rotatable bonds is 6. The van der Waals surface area contributed by atoms with E-state index in [4.69, 9.17) is 9.47 Å². The number of nitrogens with one attached hydrogen (secondary N) is 1. The van der Waals surface area contributed by atoms with Crippen molar-refractivity contribution in [3.8, 4) is 17.3 Å². The molecular weight excluding hydrogens is 455 g/mol. The standard InChI is InChI=1S/C26H21FN2O6/c1-33-19-12-13-20-22(14-19)29(18-6-4-3-5-7-18)25(35-26(32)34-2)21(23(20)30)15-28-24(31)16-8-10-17(27)11-9-16/h3-14H,15H2,1-2H3,(H,28,31). The minimum Gasteiger partial charge on any atom is -0.497 e. The number of methoxy groups -OCH3 is 2. The molecule has 3 aromatic carbocycles. The van der Waals surface area contributed by atoms with Crippen LogP contribution in [0, 0.1) is 5.82 Å². The van der Waals surface area contributed by atoms with Gasteiger partial charge in [-0.2, -0.15) is 0 Å². The number of ether oxygens (including phenoxy) is 3. The molecule has 0 aliphatic rings. The van der Waals surface area contributed by atoms with E-state index in [2.05, 4.69) is 10.1 Å². The summed E-state index contributed by atoms with van der Waals surface area (Å²) in [5.74, 6) is -0.642. The van der Waals surface area contributed by atoms with Gasteiger partial charge in [0.1, 0.15) is 11.6 Å². The summed E-state index contributed by atoms with van der Waals surface area (Å²) in [5.41, 5.74) is 0.792. The number of para-hydroxylation sites is 1. The Morgan fingerprint density at radius 1 is 0.971 bits per heavy atom. The first kappa shape index (κ1) is 23.5. The van der Waals surface area contributed by atoms with E-state index in [1.54, 1.807) is 47.0 Å². The van der Waals surface area contributed by atoms with E-state index in [0.717, 1.165) is 19.2 Å². The zero-order chi connectivity index (χ0) is 24.9. The maximum atomic E-state index is 13.5. The van der Waals surface area contributed by atoms with Crippen molar-refractivity contribution < 1.29 is 28.2 Å². The molecule has 0 aliphatic heterocycles. The lowest BCUT2D eigenvalue weighted by Gasteiger charge is -2.20. The average Bonchev–Trinajstić information content (AvgIpc) is 2.89. The van der Waals surface area contributed by atoms with Gasteiger partial charge in [-0.1, -0.05) is 18.2 Å². The fourth-order valence-corrected chi connectivity index (χ4v) is 3.61. The fourth-order valence-electron chi connectivity index (χ4n) is 3.61. The number of hydrogen-bond donors (Lipinski definition) is 1. The van der Waals surface area contributed by atoms with Gasteiger partial charge in [-0.05, 0) is 48.5 Å². The second-order valence-corrected chi connectivity index (χ2v) is 7.41. The van der Waals surface area contributed by atoms with Crippen molar-refractivity contribution >= 4 is 23.0 Å². The molecule has 0 fully saturated rings. The van der Waals surface area contributed by atoms with E-state index in [-0.39, 0.29) is 23.6 Å². The number of fused-ring (bicyclic) bond motifs is 1. The van der Waals surface area contributed by atoms with Gasteiger partial charge in [-0.3, -0.25) is 14.2 Å². The van der Waals surface area contributed by atoms with Crippen molar-refractivity contribution in [2.75, 3.05) is 14.2 Å². The summed E-state index contributed by atoms with van der Waals surface area (Å²) in [6.07, 6.45) is -1.04. The smallest absolute Gasteiger partial charge is 0.497 e. The third-order valence-corrected chi connectivity index (χ3v) is 5.32. The Labute approximate surface area is 199 Å². The zero-order valence-electron chi connectivity index (χ0n) is 18.9. The van der Waals surface area contributed by atoms with E-state index < -0.39 is 23.3 Å². The molecule has 1 heterocycles. The van der Waals surface area contributed by atoms with Crippen LogP contribution in [0.5, 0.6) is 11.6 Å². The third kappa shape index (κ3) is 4.84. The molecule has 0 unspecified atom stereocenters. The number of halogens is 1. The van der Waals surface area contributed by atoms with Gasteiger partial charge in [-0.25, -0.2) is 9.18 Å². The molecule has 0 radical (unpaired) electrons. The number of aromatic nitrogens is 1. The Hall–Kier alpha value is -4.66. The van der Waals surface area contributed by atoms with E-state index in [1.807, 2.05) is 6.07 Å². The van der Waals surface area contributed by atoms with Crippen molar-refractivity contribution in [2.24, 2.45) is 0 Å². The number of carbonyl (C=O) groups excluding carboxylic acids is 2. The molecule has 4 rings (SSSR count). The van der Waals surface area contributed by atoms with Crippen LogP contribution in [0.25, 0.3) is 16.6 Å². The third-order valence-electron chi connectivity index (χ3n) is 5.32. The van der Waals surface area contributed by atoms with E-state index in [0.29, 0.717) is 22.3 Å². The summed E-state index contributed by atoms with van der Waals surface area (Å²) in [6, 6.07) is 18.8. The first-order chi connectivity index (χ1) is 16.9. The van der Waals surface area contributed by atoms with Gasteiger partial charge in [0, 0.05) is 22.7 Å². The van der Waals surface area contributed by atoms with Crippen molar-refractivity contribution in [2.45, 2.75) is 6.54 Å². The Balaban J connectivity index is 1.91. The van der Waals surface area contributed by atoms with Gasteiger partial charge in [0.25, 0.3) is 5.91 Å². The molecule has 35 heavy (non-hydrogen) atoms. The predicted molar refractivity (Wildman–Crippen MR) is 127 cm³/mol. The average molecular weight is 476 g/mol. The summed E-state index contributed by atoms with van der Waals surface area (Å²) >= 11 is 0. The lowest BCUT2D eigenvalue weighted by atomic mass is 10.1. The summed E-state index contributed by atoms with van der Waals surface area (Å²) in [4.78, 5) is 38.3. The second kappa shape index (κ2) is 10.1. The van der Waals surface area contributed by atoms with Crippen molar-refractivity contribution in [1.29, 1.82) is 0 Å². The number of nitrogens with zero attached hydrogens (tertiary/aromatic N) is 1. The van der Waals surface area contributed by atoms with Crippen LogP contribution in [0.3, 0.4) is 0 Å². The largest absolute Gasteiger partial charge is 0.514 e. The van der Waals surface area contributed by atoms with Crippen LogP contribution in [0.1, 0.15) is 15.9 Å². The molecule has 0 bridgehead atoms. The molecular formula is C26H21FN2O6. The molecule has 1 amide bonds. The summed E-state index contributed by atoms with van der Waals surface area (Å²) in [7, 11) is 2.64. The molecule has 0 atom stereocenters. The molecule has 9 heteroatoms. The minimum atomic E-state index is -1.04. The number of carbonyl (C=O) groups is 2. The quantitative estimate of drug-likeness (QED) is 0.419. The summed E-state index contributed by atoms with van der Waals surface area (Å²) in [6.45, 7) is -0.268. The monoisotopic (exact) mass is 476 g/mol. The van der Waals surface area contributed by atoms with Gasteiger partial charge >= 0.3 is 6.16 Å². The zero-order valence-corrected chi connectivity index (χ0v) is 18.9. The molecule has 4 aromatic rings. The molecule has 8 nitrogen and oxygen atoms in total. The molecule has 178 valence electrons. The summed E-state index contributed by atoms with van der Waals surface area (Å²) in [5, 5.41) is 2.96. The van der Waals surface area contributed by atoms with E-state index in [9.17, 15) is 18.8 Å². The first-order valence-electron chi connectivity index (χ1n) is 10.5. The normalized spacial score (nSPS) is 10.6. The molecule has 0 spiro atoms. The second-order valence-electron chi connectivity index (χ2n) is 7.41. The maximum Gasteiger partial charge on any atom is 0.514 e. The van der Waals surface area contributed by atoms with Crippen LogP contribution in [0.2, 0.25) is 0 Å². The number of pyridine rings is 1. The summed E-state index contributed by atoms with van der Waals surface area (Å²) < 4.78 is 30.3. The van der Waals surface area contributed by atoms with Crippen molar-refractivity contribution in [3.05, 3.63) is 100.0 Å². The van der Waals surface area contributed by atoms with E-state index >= 15 is 0 Å². The highest BCUT2D eigenvalue weighted by molar-refractivity contribution is 5.94. The lowest BCUT2D eigenvalue weighted by Crippen LogP contribution is -2.29. The van der Waals surface area contributed by atoms with Gasteiger partial charge in [0.2, 0.25) is 5.88 Å². The van der Waals surface area contributed by atoms with Crippen LogP contribution in [0.4, 0.5) is 9.18 Å². The van der Waals surface area contributed by atoms with Gasteiger partial charge in [0.05, 0.1) is 31.8 Å². The number of amides is 1. The Kier molecular flexibility index (Phi) is 6.77. The Morgan fingerprint density at radius 2 is 1.69 bits per heavy atom. The molecule has 1 N–H and O–H groups in total. The maximum absolute atomic E-state index is 13.5. The van der Waals surface area contributed by atoms with Crippen LogP contribution in [-0.2, 0) is 11.3 Å². The number of hydrogen-bond acceptors (Lipinski definition) is 6. The molecule has 1 aromatic heterocycles. The SMILES string of the molecule is COC(=O)Oc1c(CNC(=O)c2ccc(F)cc2)c(=O)c2ccc(OC)cc2n1-c1ccccc1. The highest BCUT2D eigenvalue weighted by Crippen LogP contribution is 2.30.